The van der Waals surface area contributed by atoms with Crippen LogP contribution in [-0.4, -0.2) is 88.6 Å². The van der Waals surface area contributed by atoms with Crippen LogP contribution in [0.1, 0.15) is 82.9 Å². The van der Waals surface area contributed by atoms with Gasteiger partial charge in [0, 0.05) is 0 Å². The molecule has 0 aliphatic rings. The first-order valence-electron chi connectivity index (χ1n) is 10.7. The van der Waals surface area contributed by atoms with E-state index >= 15 is 0 Å². The Balaban J connectivity index is 0.000000317. The maximum Gasteiger partial charge on any atom is 0.336 e. The van der Waals surface area contributed by atoms with Gasteiger partial charge in [-0.25, -0.2) is 38.4 Å². The smallest absolute Gasteiger partial charge is 0.336 e. The molecule has 16 heteroatoms. The standard InChI is InChI=1S/2C9H6O6.C8H6O4/c2*10-7(11)4-1-2-5(8(12)13)6(3-4)9(14)15;9-7(10)5-1-2-6(4-3-5)8(11)12/h2*1-3H,(H,10,11)(H,12,13)(H,14,15);1-4H,(H,9,10)(H,11,12). The Morgan fingerprint density at radius 1 is 0.286 bits per heavy atom. The highest BCUT2D eigenvalue weighted by Crippen LogP contribution is 2.14. The number of hydrogen-bond donors (Lipinski definition) is 8. The zero-order chi connectivity index (χ0) is 32.3. The first kappa shape index (κ1) is 33.4. The number of aromatic carboxylic acids is 8. The molecule has 0 heterocycles. The fourth-order valence-electron chi connectivity index (χ4n) is 2.84. The molecule has 0 saturated heterocycles. The summed E-state index contributed by atoms with van der Waals surface area (Å²) >= 11 is 0. The Morgan fingerprint density at radius 3 is 0.690 bits per heavy atom. The van der Waals surface area contributed by atoms with E-state index in [1.165, 1.54) is 24.3 Å². The van der Waals surface area contributed by atoms with Crippen molar-refractivity contribution in [2.75, 3.05) is 0 Å². The summed E-state index contributed by atoms with van der Waals surface area (Å²) in [6, 6.07) is 10.6. The van der Waals surface area contributed by atoms with Crippen LogP contribution in [0.25, 0.3) is 0 Å². The van der Waals surface area contributed by atoms with Gasteiger partial charge in [-0.2, -0.15) is 0 Å². The average molecular weight is 586 g/mol. The van der Waals surface area contributed by atoms with E-state index < -0.39 is 70.0 Å². The lowest BCUT2D eigenvalue weighted by atomic mass is 10.0. The zero-order valence-corrected chi connectivity index (χ0v) is 20.6. The van der Waals surface area contributed by atoms with E-state index in [0.717, 1.165) is 36.4 Å². The van der Waals surface area contributed by atoms with Crippen molar-refractivity contribution in [1.82, 2.24) is 0 Å². The van der Waals surface area contributed by atoms with E-state index in [4.69, 9.17) is 40.9 Å². The highest BCUT2D eigenvalue weighted by molar-refractivity contribution is 6.04. The lowest BCUT2D eigenvalue weighted by Gasteiger charge is -2.02. The van der Waals surface area contributed by atoms with E-state index in [1.54, 1.807) is 0 Å². The number of hydrogen-bond acceptors (Lipinski definition) is 8. The molecule has 0 bridgehead atoms. The van der Waals surface area contributed by atoms with E-state index in [0.29, 0.717) is 0 Å². The molecule has 0 aromatic heterocycles. The summed E-state index contributed by atoms with van der Waals surface area (Å²) in [5, 5.41) is 68.7. The van der Waals surface area contributed by atoms with E-state index in [2.05, 4.69) is 0 Å². The second-order valence-electron chi connectivity index (χ2n) is 7.54. The van der Waals surface area contributed by atoms with Gasteiger partial charge in [0.2, 0.25) is 0 Å². The molecule has 8 N–H and O–H groups in total. The number of carboxylic acid groups (broad SMARTS) is 8. The van der Waals surface area contributed by atoms with Gasteiger partial charge in [0.1, 0.15) is 0 Å². The Labute approximate surface area is 232 Å². The van der Waals surface area contributed by atoms with Gasteiger partial charge in [0.25, 0.3) is 0 Å². The van der Waals surface area contributed by atoms with E-state index in [9.17, 15) is 38.4 Å². The first-order valence-corrected chi connectivity index (χ1v) is 10.7. The number of carboxylic acids is 8. The SMILES string of the molecule is O=C(O)c1ccc(C(=O)O)c(C(=O)O)c1.O=C(O)c1ccc(C(=O)O)c(C(=O)O)c1.O=C(O)c1ccc(C(=O)O)cc1. The van der Waals surface area contributed by atoms with Gasteiger partial charge in [-0.3, -0.25) is 0 Å². The highest BCUT2D eigenvalue weighted by Gasteiger charge is 2.19. The number of rotatable bonds is 8. The topological polar surface area (TPSA) is 298 Å². The van der Waals surface area contributed by atoms with Crippen LogP contribution >= 0.6 is 0 Å². The third kappa shape index (κ3) is 9.31. The van der Waals surface area contributed by atoms with Crippen LogP contribution in [0.5, 0.6) is 0 Å². The van der Waals surface area contributed by atoms with Crippen molar-refractivity contribution in [2.24, 2.45) is 0 Å². The molecule has 3 aromatic rings. The lowest BCUT2D eigenvalue weighted by Crippen LogP contribution is -2.10. The molecule has 16 nitrogen and oxygen atoms in total. The Hall–Kier alpha value is -6.58. The predicted octanol–water partition coefficient (Wildman–Crippen LogP) is 2.65. The van der Waals surface area contributed by atoms with Crippen molar-refractivity contribution in [3.63, 3.8) is 0 Å². The van der Waals surface area contributed by atoms with Crippen LogP contribution in [0.3, 0.4) is 0 Å². The van der Waals surface area contributed by atoms with Crippen molar-refractivity contribution in [2.45, 2.75) is 0 Å². The van der Waals surface area contributed by atoms with Crippen molar-refractivity contribution in [1.29, 1.82) is 0 Å². The van der Waals surface area contributed by atoms with Crippen LogP contribution in [-0.2, 0) is 0 Å². The Morgan fingerprint density at radius 2 is 0.500 bits per heavy atom. The van der Waals surface area contributed by atoms with Crippen LogP contribution in [0.15, 0.2) is 60.7 Å². The quantitative estimate of drug-likeness (QED) is 0.188. The summed E-state index contributed by atoms with van der Waals surface area (Å²) < 4.78 is 0. The molecular formula is C26H18O16. The average Bonchev–Trinajstić information content (AvgIpc) is 2.92. The van der Waals surface area contributed by atoms with Gasteiger partial charge in [-0.05, 0) is 60.7 Å². The van der Waals surface area contributed by atoms with Gasteiger partial charge in [-0.1, -0.05) is 0 Å². The summed E-state index contributed by atoms with van der Waals surface area (Å²) in [6.45, 7) is 0. The number of benzene rings is 3. The lowest BCUT2D eigenvalue weighted by molar-refractivity contribution is 0.0648. The molecule has 42 heavy (non-hydrogen) atoms. The van der Waals surface area contributed by atoms with Gasteiger partial charge in [0.15, 0.2) is 0 Å². The second-order valence-corrected chi connectivity index (χ2v) is 7.54. The summed E-state index contributed by atoms with van der Waals surface area (Å²) in [5.74, 6) is -10.5. The zero-order valence-electron chi connectivity index (χ0n) is 20.6. The van der Waals surface area contributed by atoms with E-state index in [1.807, 2.05) is 0 Å². The molecule has 0 amide bonds. The molecule has 0 spiro atoms. The summed E-state index contributed by atoms with van der Waals surface area (Å²) in [4.78, 5) is 84.2. The molecule has 0 saturated carbocycles. The summed E-state index contributed by atoms with van der Waals surface area (Å²) in [7, 11) is 0. The summed E-state index contributed by atoms with van der Waals surface area (Å²) in [5.41, 5.74) is -2.32. The predicted molar refractivity (Wildman–Crippen MR) is 135 cm³/mol. The van der Waals surface area contributed by atoms with Crippen LogP contribution in [0.2, 0.25) is 0 Å². The van der Waals surface area contributed by atoms with Crippen LogP contribution in [0.4, 0.5) is 0 Å². The molecule has 0 atom stereocenters. The molecule has 218 valence electrons. The minimum atomic E-state index is -1.48. The molecule has 3 aromatic carbocycles. The van der Waals surface area contributed by atoms with Gasteiger partial charge in [-0.15, -0.1) is 0 Å². The van der Waals surface area contributed by atoms with Crippen LogP contribution < -0.4 is 0 Å². The molecule has 0 aliphatic carbocycles. The van der Waals surface area contributed by atoms with E-state index in [-0.39, 0.29) is 22.3 Å². The molecular weight excluding hydrogens is 568 g/mol. The maximum absolute atomic E-state index is 10.6. The minimum Gasteiger partial charge on any atom is -0.478 e. The van der Waals surface area contributed by atoms with Crippen molar-refractivity contribution >= 4 is 47.8 Å². The second kappa shape index (κ2) is 14.5. The van der Waals surface area contributed by atoms with Crippen molar-refractivity contribution in [3.8, 4) is 0 Å². The van der Waals surface area contributed by atoms with Gasteiger partial charge in [0.05, 0.1) is 44.5 Å². The normalized spacial score (nSPS) is 9.52. The maximum atomic E-state index is 10.6. The first-order chi connectivity index (χ1) is 19.5. The van der Waals surface area contributed by atoms with Crippen molar-refractivity contribution < 1.29 is 79.2 Å². The summed E-state index contributed by atoms with van der Waals surface area (Å²) in [6.07, 6.45) is 0. The largest absolute Gasteiger partial charge is 0.478 e. The minimum absolute atomic E-state index is 0.0833. The van der Waals surface area contributed by atoms with Crippen LogP contribution in [0, 0.1) is 0 Å². The Kier molecular flexibility index (Phi) is 11.6. The fourth-order valence-corrected chi connectivity index (χ4v) is 2.84. The van der Waals surface area contributed by atoms with Crippen molar-refractivity contribution in [3.05, 3.63) is 105 Å². The Bertz CT molecular complexity index is 1470. The molecule has 3 rings (SSSR count). The third-order valence-corrected chi connectivity index (χ3v) is 4.83. The molecule has 0 fully saturated rings. The third-order valence-electron chi connectivity index (χ3n) is 4.83. The molecule has 0 radical (unpaired) electrons. The molecule has 0 unspecified atom stereocenters. The van der Waals surface area contributed by atoms with Gasteiger partial charge >= 0.3 is 47.8 Å². The monoisotopic (exact) mass is 586 g/mol. The fraction of sp³-hybridized carbons (Fsp3) is 0. The van der Waals surface area contributed by atoms with Gasteiger partial charge < -0.3 is 40.9 Å². The number of carbonyl (C=O) groups is 8. The highest BCUT2D eigenvalue weighted by atomic mass is 16.4. The molecule has 0 aliphatic heterocycles.